The summed E-state index contributed by atoms with van der Waals surface area (Å²) in [6, 6.07) is 4.64. The minimum Gasteiger partial charge on any atom is -0.496 e. The molecule has 0 aliphatic carbocycles. The van der Waals surface area contributed by atoms with Gasteiger partial charge in [0.25, 0.3) is 0 Å². The Balaban J connectivity index is 2.46. The number of hydrogen-bond donors (Lipinski definition) is 1. The summed E-state index contributed by atoms with van der Waals surface area (Å²) in [5.41, 5.74) is 6.89. The molecule has 2 N–H and O–H groups in total. The third kappa shape index (κ3) is 2.37. The summed E-state index contributed by atoms with van der Waals surface area (Å²) in [6.45, 7) is 2.00. The molecule has 96 valence electrons. The SMILES string of the molecule is CCC(N)c1nc(-c2c(F)cccc2OC)cs1. The van der Waals surface area contributed by atoms with Gasteiger partial charge >= 0.3 is 0 Å². The van der Waals surface area contributed by atoms with E-state index >= 15 is 0 Å². The van der Waals surface area contributed by atoms with Crippen LogP contribution in [-0.4, -0.2) is 12.1 Å². The van der Waals surface area contributed by atoms with Crippen molar-refractivity contribution in [3.8, 4) is 17.0 Å². The fourth-order valence-electron chi connectivity index (χ4n) is 1.67. The molecule has 2 rings (SSSR count). The van der Waals surface area contributed by atoms with E-state index in [1.165, 1.54) is 24.5 Å². The van der Waals surface area contributed by atoms with Crippen molar-refractivity contribution < 1.29 is 9.13 Å². The fraction of sp³-hybridized carbons (Fsp3) is 0.308. The quantitative estimate of drug-likeness (QED) is 0.923. The molecule has 1 heterocycles. The molecule has 5 heteroatoms. The minimum absolute atomic E-state index is 0.0958. The lowest BCUT2D eigenvalue weighted by Gasteiger charge is -2.07. The second kappa shape index (κ2) is 5.46. The highest BCUT2D eigenvalue weighted by Gasteiger charge is 2.16. The van der Waals surface area contributed by atoms with Gasteiger partial charge in [-0.1, -0.05) is 13.0 Å². The van der Waals surface area contributed by atoms with E-state index in [9.17, 15) is 4.39 Å². The maximum atomic E-state index is 13.9. The van der Waals surface area contributed by atoms with Crippen LogP contribution in [-0.2, 0) is 0 Å². The maximum absolute atomic E-state index is 13.9. The summed E-state index contributed by atoms with van der Waals surface area (Å²) in [7, 11) is 1.52. The van der Waals surface area contributed by atoms with E-state index in [-0.39, 0.29) is 11.9 Å². The largest absolute Gasteiger partial charge is 0.496 e. The molecule has 0 aliphatic rings. The Kier molecular flexibility index (Phi) is 3.93. The van der Waals surface area contributed by atoms with Crippen LogP contribution in [0.1, 0.15) is 24.4 Å². The van der Waals surface area contributed by atoms with Crippen LogP contribution in [0.25, 0.3) is 11.3 Å². The van der Waals surface area contributed by atoms with Crippen LogP contribution in [0.2, 0.25) is 0 Å². The first-order valence-corrected chi connectivity index (χ1v) is 6.59. The van der Waals surface area contributed by atoms with E-state index < -0.39 is 0 Å². The van der Waals surface area contributed by atoms with Crippen molar-refractivity contribution in [1.82, 2.24) is 4.98 Å². The van der Waals surface area contributed by atoms with E-state index in [0.717, 1.165) is 11.4 Å². The Hall–Kier alpha value is -1.46. The highest BCUT2D eigenvalue weighted by atomic mass is 32.1. The third-order valence-electron chi connectivity index (χ3n) is 2.73. The number of halogens is 1. The molecule has 0 bridgehead atoms. The third-order valence-corrected chi connectivity index (χ3v) is 3.71. The number of aromatic nitrogens is 1. The van der Waals surface area contributed by atoms with Crippen LogP contribution in [0, 0.1) is 5.82 Å². The predicted octanol–water partition coefficient (Wildman–Crippen LogP) is 3.37. The zero-order chi connectivity index (χ0) is 13.1. The summed E-state index contributed by atoms with van der Waals surface area (Å²) in [4.78, 5) is 4.39. The van der Waals surface area contributed by atoms with Crippen LogP contribution in [0.5, 0.6) is 5.75 Å². The summed E-state index contributed by atoms with van der Waals surface area (Å²) in [6.07, 6.45) is 0.807. The first-order valence-electron chi connectivity index (χ1n) is 5.71. The maximum Gasteiger partial charge on any atom is 0.136 e. The zero-order valence-corrected chi connectivity index (χ0v) is 11.1. The van der Waals surface area contributed by atoms with Crippen molar-refractivity contribution in [2.45, 2.75) is 19.4 Å². The number of hydrogen-bond acceptors (Lipinski definition) is 4. The van der Waals surface area contributed by atoms with E-state index in [1.54, 1.807) is 12.1 Å². The van der Waals surface area contributed by atoms with Gasteiger partial charge in [0.2, 0.25) is 0 Å². The molecule has 0 fully saturated rings. The average molecular weight is 266 g/mol. The van der Waals surface area contributed by atoms with Crippen molar-refractivity contribution in [1.29, 1.82) is 0 Å². The summed E-state index contributed by atoms with van der Waals surface area (Å²) in [5.74, 6) is 0.146. The molecule has 18 heavy (non-hydrogen) atoms. The van der Waals surface area contributed by atoms with Gasteiger partial charge in [0, 0.05) is 5.38 Å². The van der Waals surface area contributed by atoms with Gasteiger partial charge in [-0.3, -0.25) is 0 Å². The Morgan fingerprint density at radius 1 is 1.50 bits per heavy atom. The van der Waals surface area contributed by atoms with Crippen molar-refractivity contribution in [2.24, 2.45) is 5.73 Å². The Morgan fingerprint density at radius 2 is 2.28 bits per heavy atom. The second-order valence-electron chi connectivity index (χ2n) is 3.90. The summed E-state index contributed by atoms with van der Waals surface area (Å²) in [5, 5.41) is 2.63. The van der Waals surface area contributed by atoms with Gasteiger partial charge in [0.15, 0.2) is 0 Å². The predicted molar refractivity (Wildman–Crippen MR) is 71.3 cm³/mol. The van der Waals surface area contributed by atoms with Crippen molar-refractivity contribution in [3.63, 3.8) is 0 Å². The lowest BCUT2D eigenvalue weighted by Crippen LogP contribution is -2.07. The molecular formula is C13H15FN2OS. The van der Waals surface area contributed by atoms with Gasteiger partial charge in [0.05, 0.1) is 24.4 Å². The highest BCUT2D eigenvalue weighted by Crippen LogP contribution is 2.34. The monoisotopic (exact) mass is 266 g/mol. The summed E-state index contributed by atoms with van der Waals surface area (Å²) < 4.78 is 19.0. The van der Waals surface area contributed by atoms with E-state index in [2.05, 4.69) is 4.98 Å². The molecule has 1 atom stereocenters. The number of thiazole rings is 1. The highest BCUT2D eigenvalue weighted by molar-refractivity contribution is 7.10. The van der Waals surface area contributed by atoms with E-state index in [1.807, 2.05) is 12.3 Å². The molecule has 0 saturated carbocycles. The summed E-state index contributed by atoms with van der Waals surface area (Å²) >= 11 is 1.45. The van der Waals surface area contributed by atoms with Crippen molar-refractivity contribution in [2.75, 3.05) is 7.11 Å². The number of benzene rings is 1. The van der Waals surface area contributed by atoms with Crippen molar-refractivity contribution >= 4 is 11.3 Å². The molecule has 1 unspecified atom stereocenters. The van der Waals surface area contributed by atoms with E-state index in [4.69, 9.17) is 10.5 Å². The van der Waals surface area contributed by atoms with Crippen LogP contribution < -0.4 is 10.5 Å². The Labute approximate surface area is 109 Å². The van der Waals surface area contributed by atoms with Gasteiger partial charge in [-0.15, -0.1) is 11.3 Å². The standard InChI is InChI=1S/C13H15FN2OS/c1-3-9(15)13-16-10(7-18-13)12-8(14)5-4-6-11(12)17-2/h4-7,9H,3,15H2,1-2H3. The molecule has 0 amide bonds. The van der Waals surface area contributed by atoms with Gasteiger partial charge in [-0.25, -0.2) is 9.37 Å². The molecular weight excluding hydrogens is 251 g/mol. The second-order valence-corrected chi connectivity index (χ2v) is 4.79. The Morgan fingerprint density at radius 3 is 2.94 bits per heavy atom. The van der Waals surface area contributed by atoms with Crippen LogP contribution in [0.3, 0.4) is 0 Å². The van der Waals surface area contributed by atoms with Gasteiger partial charge in [-0.05, 0) is 18.6 Å². The molecule has 0 aliphatic heterocycles. The minimum atomic E-state index is -0.337. The smallest absolute Gasteiger partial charge is 0.136 e. The van der Waals surface area contributed by atoms with Crippen LogP contribution in [0.15, 0.2) is 23.6 Å². The molecule has 1 aromatic heterocycles. The molecule has 3 nitrogen and oxygen atoms in total. The van der Waals surface area contributed by atoms with Crippen molar-refractivity contribution in [3.05, 3.63) is 34.4 Å². The molecule has 1 aromatic carbocycles. The number of nitrogens with two attached hydrogens (primary N) is 1. The number of nitrogens with zero attached hydrogens (tertiary/aromatic N) is 1. The molecule has 0 spiro atoms. The number of rotatable bonds is 4. The van der Waals surface area contributed by atoms with Gasteiger partial charge in [-0.2, -0.15) is 0 Å². The fourth-order valence-corrected chi connectivity index (χ4v) is 2.57. The topological polar surface area (TPSA) is 48.1 Å². The molecule has 0 saturated heterocycles. The molecule has 2 aromatic rings. The molecule has 0 radical (unpaired) electrons. The van der Waals surface area contributed by atoms with Gasteiger partial charge in [0.1, 0.15) is 16.6 Å². The Bertz CT molecular complexity index is 542. The van der Waals surface area contributed by atoms with Crippen LogP contribution in [0.4, 0.5) is 4.39 Å². The number of methoxy groups -OCH3 is 1. The lowest BCUT2D eigenvalue weighted by atomic mass is 10.1. The van der Waals surface area contributed by atoms with Gasteiger partial charge < -0.3 is 10.5 Å². The van der Waals surface area contributed by atoms with Crippen LogP contribution >= 0.6 is 11.3 Å². The zero-order valence-electron chi connectivity index (χ0n) is 10.3. The van der Waals surface area contributed by atoms with E-state index in [0.29, 0.717) is 17.0 Å². The normalized spacial score (nSPS) is 12.4. The lowest BCUT2D eigenvalue weighted by molar-refractivity contribution is 0.413. The number of ether oxygens (including phenoxy) is 1. The first-order chi connectivity index (χ1) is 8.67. The average Bonchev–Trinajstić information content (AvgIpc) is 2.86. The first kappa shape index (κ1) is 13.0.